The van der Waals surface area contributed by atoms with Gasteiger partial charge in [0.05, 0.1) is 6.10 Å². The van der Waals surface area contributed by atoms with Crippen LogP contribution >= 0.6 is 15.9 Å². The topological polar surface area (TPSA) is 9.23 Å². The number of rotatable bonds is 8. The Labute approximate surface area is 103 Å². The number of alkyl halides is 1. The van der Waals surface area contributed by atoms with Crippen LogP contribution in [0.2, 0.25) is 0 Å². The quantitative estimate of drug-likeness (QED) is 0.462. The molecule has 1 rings (SSSR count). The van der Waals surface area contributed by atoms with E-state index in [9.17, 15) is 0 Å². The summed E-state index contributed by atoms with van der Waals surface area (Å²) in [5.41, 5.74) is 0. The van der Waals surface area contributed by atoms with E-state index in [1.54, 1.807) is 0 Å². The Morgan fingerprint density at radius 1 is 0.867 bits per heavy atom. The summed E-state index contributed by atoms with van der Waals surface area (Å²) in [5.74, 6) is 0. The number of ether oxygens (including phenoxy) is 1. The molecule has 15 heavy (non-hydrogen) atoms. The molecule has 1 aliphatic rings. The second-order valence-electron chi connectivity index (χ2n) is 4.59. The molecule has 0 spiro atoms. The van der Waals surface area contributed by atoms with Crippen LogP contribution in [0, 0.1) is 0 Å². The molecule has 1 nitrogen and oxygen atoms in total. The van der Waals surface area contributed by atoms with E-state index in [0.717, 1.165) is 11.9 Å². The SMILES string of the molecule is BrCCCCCCCOC1CCCCC1. The van der Waals surface area contributed by atoms with Crippen molar-refractivity contribution >= 4 is 15.9 Å². The molecule has 0 saturated heterocycles. The van der Waals surface area contributed by atoms with Gasteiger partial charge in [-0.15, -0.1) is 0 Å². The Morgan fingerprint density at radius 2 is 1.53 bits per heavy atom. The lowest BCUT2D eigenvalue weighted by Crippen LogP contribution is -2.17. The zero-order valence-electron chi connectivity index (χ0n) is 9.85. The summed E-state index contributed by atoms with van der Waals surface area (Å²) >= 11 is 3.46. The van der Waals surface area contributed by atoms with E-state index in [4.69, 9.17) is 4.74 Å². The van der Waals surface area contributed by atoms with Gasteiger partial charge in [-0.25, -0.2) is 0 Å². The van der Waals surface area contributed by atoms with Crippen molar-refractivity contribution in [3.63, 3.8) is 0 Å². The summed E-state index contributed by atoms with van der Waals surface area (Å²) in [7, 11) is 0. The zero-order chi connectivity index (χ0) is 10.8. The minimum absolute atomic E-state index is 0.598. The normalized spacial score (nSPS) is 18.2. The predicted molar refractivity (Wildman–Crippen MR) is 69.7 cm³/mol. The molecule has 1 fully saturated rings. The van der Waals surface area contributed by atoms with Gasteiger partial charge in [0, 0.05) is 11.9 Å². The molecule has 0 N–H and O–H groups in total. The summed E-state index contributed by atoms with van der Waals surface area (Å²) in [4.78, 5) is 0. The average molecular weight is 277 g/mol. The maximum atomic E-state index is 5.88. The number of hydrogen-bond donors (Lipinski definition) is 0. The Morgan fingerprint density at radius 3 is 2.27 bits per heavy atom. The molecule has 0 amide bonds. The molecule has 0 aliphatic heterocycles. The molecule has 0 aromatic heterocycles. The van der Waals surface area contributed by atoms with Crippen molar-refractivity contribution in [3.8, 4) is 0 Å². The lowest BCUT2D eigenvalue weighted by atomic mass is 9.98. The van der Waals surface area contributed by atoms with Crippen molar-refractivity contribution in [2.75, 3.05) is 11.9 Å². The standard InChI is InChI=1S/C13H25BrO/c14-11-7-2-1-3-8-12-15-13-9-5-4-6-10-13/h13H,1-12H2. The predicted octanol–water partition coefficient (Wildman–Crippen LogP) is 4.68. The first-order valence-corrected chi connectivity index (χ1v) is 7.73. The summed E-state index contributed by atoms with van der Waals surface area (Å²) in [6.07, 6.45) is 14.1. The van der Waals surface area contributed by atoms with Crippen molar-refractivity contribution in [1.29, 1.82) is 0 Å². The highest BCUT2D eigenvalue weighted by Gasteiger charge is 2.12. The lowest BCUT2D eigenvalue weighted by molar-refractivity contribution is 0.0263. The van der Waals surface area contributed by atoms with Gasteiger partial charge in [0.25, 0.3) is 0 Å². The first-order chi connectivity index (χ1) is 7.43. The maximum Gasteiger partial charge on any atom is 0.0575 e. The minimum Gasteiger partial charge on any atom is -0.378 e. The van der Waals surface area contributed by atoms with Crippen LogP contribution in [0.15, 0.2) is 0 Å². The fourth-order valence-electron chi connectivity index (χ4n) is 2.21. The van der Waals surface area contributed by atoms with Crippen LogP contribution in [-0.4, -0.2) is 18.0 Å². The van der Waals surface area contributed by atoms with E-state index >= 15 is 0 Å². The fraction of sp³-hybridized carbons (Fsp3) is 1.00. The van der Waals surface area contributed by atoms with E-state index in [0.29, 0.717) is 6.10 Å². The Bertz CT molecular complexity index is 132. The van der Waals surface area contributed by atoms with E-state index in [-0.39, 0.29) is 0 Å². The molecule has 0 aromatic rings. The molecule has 0 aromatic carbocycles. The molecule has 0 atom stereocenters. The van der Waals surface area contributed by atoms with Gasteiger partial charge >= 0.3 is 0 Å². The van der Waals surface area contributed by atoms with Gasteiger partial charge in [0.1, 0.15) is 0 Å². The van der Waals surface area contributed by atoms with Crippen molar-refractivity contribution in [1.82, 2.24) is 0 Å². The molecule has 0 unspecified atom stereocenters. The Hall–Kier alpha value is 0.440. The van der Waals surface area contributed by atoms with Crippen molar-refractivity contribution in [3.05, 3.63) is 0 Å². The molecular weight excluding hydrogens is 252 g/mol. The highest BCUT2D eigenvalue weighted by atomic mass is 79.9. The smallest absolute Gasteiger partial charge is 0.0575 e. The summed E-state index contributed by atoms with van der Waals surface area (Å²) in [5, 5.41) is 1.16. The second kappa shape index (κ2) is 9.65. The van der Waals surface area contributed by atoms with Crippen LogP contribution in [0.25, 0.3) is 0 Å². The average Bonchev–Trinajstić information content (AvgIpc) is 2.29. The van der Waals surface area contributed by atoms with Crippen molar-refractivity contribution < 1.29 is 4.74 Å². The van der Waals surface area contributed by atoms with E-state index in [1.165, 1.54) is 64.2 Å². The van der Waals surface area contributed by atoms with Gasteiger partial charge in [-0.05, 0) is 25.7 Å². The van der Waals surface area contributed by atoms with Crippen molar-refractivity contribution in [2.45, 2.75) is 70.3 Å². The highest BCUT2D eigenvalue weighted by molar-refractivity contribution is 9.09. The first-order valence-electron chi connectivity index (χ1n) is 6.61. The molecule has 90 valence electrons. The van der Waals surface area contributed by atoms with Crippen LogP contribution in [-0.2, 0) is 4.74 Å². The molecule has 0 bridgehead atoms. The minimum atomic E-state index is 0.598. The number of unbranched alkanes of at least 4 members (excludes halogenated alkanes) is 4. The highest BCUT2D eigenvalue weighted by Crippen LogP contribution is 2.20. The zero-order valence-corrected chi connectivity index (χ0v) is 11.4. The van der Waals surface area contributed by atoms with Gasteiger partial charge < -0.3 is 4.74 Å². The van der Waals surface area contributed by atoms with Crippen LogP contribution in [0.5, 0.6) is 0 Å². The molecule has 1 aliphatic carbocycles. The lowest BCUT2D eigenvalue weighted by Gasteiger charge is -2.21. The number of halogens is 1. The Balaban J connectivity index is 1.79. The summed E-state index contributed by atoms with van der Waals surface area (Å²) in [6.45, 7) is 0.999. The van der Waals surface area contributed by atoms with Gasteiger partial charge in [-0.2, -0.15) is 0 Å². The third-order valence-electron chi connectivity index (χ3n) is 3.18. The molecule has 0 heterocycles. The molecule has 2 heteroatoms. The van der Waals surface area contributed by atoms with Crippen LogP contribution < -0.4 is 0 Å². The Kier molecular flexibility index (Phi) is 8.69. The monoisotopic (exact) mass is 276 g/mol. The second-order valence-corrected chi connectivity index (χ2v) is 5.38. The number of hydrogen-bond acceptors (Lipinski definition) is 1. The molecular formula is C13H25BrO. The first kappa shape index (κ1) is 13.5. The van der Waals surface area contributed by atoms with Crippen LogP contribution in [0.4, 0.5) is 0 Å². The summed E-state index contributed by atoms with van der Waals surface area (Å²) < 4.78 is 5.88. The van der Waals surface area contributed by atoms with E-state index in [1.807, 2.05) is 0 Å². The van der Waals surface area contributed by atoms with Crippen molar-refractivity contribution in [2.24, 2.45) is 0 Å². The van der Waals surface area contributed by atoms with E-state index in [2.05, 4.69) is 15.9 Å². The largest absolute Gasteiger partial charge is 0.378 e. The molecule has 0 radical (unpaired) electrons. The summed E-state index contributed by atoms with van der Waals surface area (Å²) in [6, 6.07) is 0. The third-order valence-corrected chi connectivity index (χ3v) is 3.74. The van der Waals surface area contributed by atoms with Crippen LogP contribution in [0.3, 0.4) is 0 Å². The van der Waals surface area contributed by atoms with Crippen LogP contribution in [0.1, 0.15) is 64.2 Å². The van der Waals surface area contributed by atoms with Gasteiger partial charge in [0.2, 0.25) is 0 Å². The third kappa shape index (κ3) is 7.35. The molecule has 1 saturated carbocycles. The van der Waals surface area contributed by atoms with E-state index < -0.39 is 0 Å². The van der Waals surface area contributed by atoms with Gasteiger partial charge in [-0.1, -0.05) is 54.5 Å². The fourth-order valence-corrected chi connectivity index (χ4v) is 2.61. The maximum absolute atomic E-state index is 5.88. The van der Waals surface area contributed by atoms with Gasteiger partial charge in [0.15, 0.2) is 0 Å². The van der Waals surface area contributed by atoms with Gasteiger partial charge in [-0.3, -0.25) is 0 Å².